The van der Waals surface area contributed by atoms with Gasteiger partial charge in [0.25, 0.3) is 0 Å². The van der Waals surface area contributed by atoms with E-state index < -0.39 is 11.5 Å². The van der Waals surface area contributed by atoms with E-state index in [0.29, 0.717) is 11.5 Å². The molecular formula is C16H23NO4. The number of benzene rings is 1. The number of nitrogens with two attached hydrogens (primary N) is 1. The zero-order valence-corrected chi connectivity index (χ0v) is 12.6. The molecule has 1 fully saturated rings. The maximum atomic E-state index is 10.9. The van der Waals surface area contributed by atoms with Crippen LogP contribution in [0.2, 0.25) is 0 Å². The molecule has 116 valence electrons. The van der Waals surface area contributed by atoms with Crippen LogP contribution in [0.15, 0.2) is 18.2 Å². The van der Waals surface area contributed by atoms with Crippen molar-refractivity contribution in [2.45, 2.75) is 50.7 Å². The van der Waals surface area contributed by atoms with E-state index in [9.17, 15) is 4.79 Å². The van der Waals surface area contributed by atoms with Gasteiger partial charge in [-0.05, 0) is 50.3 Å². The van der Waals surface area contributed by atoms with Crippen molar-refractivity contribution in [1.82, 2.24) is 0 Å². The van der Waals surface area contributed by atoms with Crippen LogP contribution in [-0.4, -0.2) is 24.3 Å². The normalized spacial score (nSPS) is 18.2. The first-order valence-corrected chi connectivity index (χ1v) is 7.28. The van der Waals surface area contributed by atoms with Crippen molar-refractivity contribution in [3.63, 3.8) is 0 Å². The van der Waals surface area contributed by atoms with Gasteiger partial charge in [-0.1, -0.05) is 6.07 Å². The maximum Gasteiger partial charge on any atom is 0.305 e. The van der Waals surface area contributed by atoms with Gasteiger partial charge in [-0.2, -0.15) is 0 Å². The minimum absolute atomic E-state index is 0.140. The zero-order valence-electron chi connectivity index (χ0n) is 12.6. The summed E-state index contributed by atoms with van der Waals surface area (Å²) in [7, 11) is 1.58. The second-order valence-electron chi connectivity index (χ2n) is 5.88. The summed E-state index contributed by atoms with van der Waals surface area (Å²) < 4.78 is 11.3. The predicted molar refractivity (Wildman–Crippen MR) is 79.7 cm³/mol. The summed E-state index contributed by atoms with van der Waals surface area (Å²) in [4.78, 5) is 10.9. The molecule has 1 aromatic rings. The summed E-state index contributed by atoms with van der Waals surface area (Å²) in [5, 5.41) is 8.95. The van der Waals surface area contributed by atoms with Crippen LogP contribution in [0.5, 0.6) is 11.5 Å². The van der Waals surface area contributed by atoms with Crippen LogP contribution in [0, 0.1) is 0 Å². The van der Waals surface area contributed by atoms with Crippen LogP contribution in [0.4, 0.5) is 0 Å². The first-order valence-electron chi connectivity index (χ1n) is 7.28. The number of carboxylic acid groups (broad SMARTS) is 1. The molecule has 0 heterocycles. The molecule has 0 radical (unpaired) electrons. The van der Waals surface area contributed by atoms with Gasteiger partial charge in [-0.15, -0.1) is 0 Å². The molecule has 21 heavy (non-hydrogen) atoms. The van der Waals surface area contributed by atoms with Gasteiger partial charge in [0.05, 0.1) is 19.6 Å². The molecule has 1 aliphatic carbocycles. The van der Waals surface area contributed by atoms with Gasteiger partial charge < -0.3 is 20.3 Å². The van der Waals surface area contributed by atoms with E-state index in [1.807, 2.05) is 12.1 Å². The number of ether oxygens (including phenoxy) is 2. The number of carbonyl (C=O) groups is 1. The fourth-order valence-electron chi connectivity index (χ4n) is 2.72. The van der Waals surface area contributed by atoms with Gasteiger partial charge in [-0.25, -0.2) is 0 Å². The first kappa shape index (κ1) is 15.6. The van der Waals surface area contributed by atoms with E-state index >= 15 is 0 Å². The fourth-order valence-corrected chi connectivity index (χ4v) is 2.72. The molecule has 5 heteroatoms. The van der Waals surface area contributed by atoms with Crippen LogP contribution in [-0.2, 0) is 10.3 Å². The Morgan fingerprint density at radius 2 is 2.05 bits per heavy atom. The smallest absolute Gasteiger partial charge is 0.305 e. The van der Waals surface area contributed by atoms with Crippen molar-refractivity contribution in [3.8, 4) is 11.5 Å². The van der Waals surface area contributed by atoms with Crippen LogP contribution in [0.3, 0.4) is 0 Å². The third-order valence-corrected chi connectivity index (χ3v) is 3.94. The number of hydrogen-bond acceptors (Lipinski definition) is 4. The van der Waals surface area contributed by atoms with E-state index in [-0.39, 0.29) is 12.5 Å². The second kappa shape index (κ2) is 6.35. The molecule has 1 saturated carbocycles. The van der Waals surface area contributed by atoms with Gasteiger partial charge in [0, 0.05) is 5.54 Å². The monoisotopic (exact) mass is 293 g/mol. The molecule has 1 aromatic carbocycles. The Morgan fingerprint density at radius 3 is 2.62 bits per heavy atom. The summed E-state index contributed by atoms with van der Waals surface area (Å²) in [5.74, 6) is 0.367. The third-order valence-electron chi connectivity index (χ3n) is 3.94. The largest absolute Gasteiger partial charge is 0.493 e. The van der Waals surface area contributed by atoms with Gasteiger partial charge >= 0.3 is 5.97 Å². The molecule has 0 spiro atoms. The molecule has 5 nitrogen and oxygen atoms in total. The summed E-state index contributed by atoms with van der Waals surface area (Å²) in [6.07, 6.45) is 4.64. The molecule has 0 aromatic heterocycles. The van der Waals surface area contributed by atoms with E-state index in [4.69, 9.17) is 20.3 Å². The van der Waals surface area contributed by atoms with E-state index in [1.54, 1.807) is 20.1 Å². The molecule has 3 N–H and O–H groups in total. The van der Waals surface area contributed by atoms with Crippen molar-refractivity contribution < 1.29 is 19.4 Å². The van der Waals surface area contributed by atoms with E-state index in [0.717, 1.165) is 18.4 Å². The maximum absolute atomic E-state index is 10.9. The fraction of sp³-hybridized carbons (Fsp3) is 0.562. The lowest BCUT2D eigenvalue weighted by atomic mass is 9.89. The Bertz CT molecular complexity index is 507. The lowest BCUT2D eigenvalue weighted by molar-refractivity contribution is -0.138. The molecule has 1 aliphatic rings. The van der Waals surface area contributed by atoms with Crippen molar-refractivity contribution in [2.24, 2.45) is 5.73 Å². The van der Waals surface area contributed by atoms with Crippen LogP contribution in [0.1, 0.15) is 44.6 Å². The lowest BCUT2D eigenvalue weighted by Gasteiger charge is -2.25. The number of rotatable bonds is 6. The van der Waals surface area contributed by atoms with Gasteiger partial charge in [0.1, 0.15) is 0 Å². The standard InChI is InChI=1S/C16H23NO4/c1-16(17,10-15(18)19)11-7-8-13(14(9-11)20-2)21-12-5-3-4-6-12/h7-9,12H,3-6,10,17H2,1-2H3,(H,18,19)/t16-/m1/s1. The molecule has 0 aliphatic heterocycles. The van der Waals surface area contributed by atoms with Crippen molar-refractivity contribution in [1.29, 1.82) is 0 Å². The molecule has 0 saturated heterocycles. The highest BCUT2D eigenvalue weighted by Gasteiger charge is 2.26. The SMILES string of the molecule is COc1cc([C@](C)(N)CC(=O)O)ccc1OC1CCCC1. The lowest BCUT2D eigenvalue weighted by Crippen LogP contribution is -2.35. The number of hydrogen-bond donors (Lipinski definition) is 2. The molecule has 2 rings (SSSR count). The average molecular weight is 293 g/mol. The summed E-state index contributed by atoms with van der Waals surface area (Å²) in [5.41, 5.74) is 5.88. The molecule has 0 amide bonds. The highest BCUT2D eigenvalue weighted by molar-refractivity contribution is 5.69. The quantitative estimate of drug-likeness (QED) is 0.842. The van der Waals surface area contributed by atoms with Crippen molar-refractivity contribution >= 4 is 5.97 Å². The number of aliphatic carboxylic acids is 1. The van der Waals surface area contributed by atoms with Gasteiger partial charge in [0.2, 0.25) is 0 Å². The molecule has 1 atom stereocenters. The molecule has 0 bridgehead atoms. The topological polar surface area (TPSA) is 81.8 Å². The van der Waals surface area contributed by atoms with E-state index in [1.165, 1.54) is 12.8 Å². The van der Waals surface area contributed by atoms with Crippen molar-refractivity contribution in [2.75, 3.05) is 7.11 Å². The van der Waals surface area contributed by atoms with Crippen LogP contribution in [0.25, 0.3) is 0 Å². The van der Waals surface area contributed by atoms with Crippen LogP contribution >= 0.6 is 0 Å². The average Bonchev–Trinajstić information content (AvgIpc) is 2.90. The van der Waals surface area contributed by atoms with E-state index in [2.05, 4.69) is 0 Å². The number of methoxy groups -OCH3 is 1. The Kier molecular flexibility index (Phi) is 4.73. The summed E-state index contributed by atoms with van der Waals surface area (Å²) in [6, 6.07) is 5.41. The first-order chi connectivity index (χ1) is 9.92. The predicted octanol–water partition coefficient (Wildman–Crippen LogP) is 2.67. The Morgan fingerprint density at radius 1 is 1.38 bits per heavy atom. The molecule has 0 unspecified atom stereocenters. The highest BCUT2D eigenvalue weighted by atomic mass is 16.5. The van der Waals surface area contributed by atoms with Gasteiger partial charge in [-0.3, -0.25) is 4.79 Å². The van der Waals surface area contributed by atoms with Crippen LogP contribution < -0.4 is 15.2 Å². The summed E-state index contributed by atoms with van der Waals surface area (Å²) in [6.45, 7) is 1.70. The minimum atomic E-state index is -0.939. The minimum Gasteiger partial charge on any atom is -0.493 e. The second-order valence-corrected chi connectivity index (χ2v) is 5.88. The molecular weight excluding hydrogens is 270 g/mol. The van der Waals surface area contributed by atoms with Gasteiger partial charge in [0.15, 0.2) is 11.5 Å². The Labute approximate surface area is 125 Å². The third kappa shape index (κ3) is 3.88. The zero-order chi connectivity index (χ0) is 15.5. The highest BCUT2D eigenvalue weighted by Crippen LogP contribution is 2.35. The van der Waals surface area contributed by atoms with Crippen molar-refractivity contribution in [3.05, 3.63) is 23.8 Å². The Balaban J connectivity index is 2.20. The number of carboxylic acids is 1. The summed E-state index contributed by atoms with van der Waals surface area (Å²) >= 11 is 0. The Hall–Kier alpha value is -1.75.